The van der Waals surface area contributed by atoms with Crippen LogP contribution >= 0.6 is 34.5 Å². The lowest BCUT2D eigenvalue weighted by atomic mass is 10.1. The molecule has 0 amide bonds. The summed E-state index contributed by atoms with van der Waals surface area (Å²) >= 11 is 12.9. The summed E-state index contributed by atoms with van der Waals surface area (Å²) in [7, 11) is -3.52. The molecule has 2 heterocycles. The highest BCUT2D eigenvalue weighted by Crippen LogP contribution is 2.36. The van der Waals surface area contributed by atoms with E-state index in [1.54, 1.807) is 0 Å². The van der Waals surface area contributed by atoms with Crippen molar-refractivity contribution < 1.29 is 8.42 Å². The Hall–Kier alpha value is 0.150. The van der Waals surface area contributed by atoms with E-state index in [1.165, 1.54) is 10.4 Å². The van der Waals surface area contributed by atoms with Gasteiger partial charge < -0.3 is 5.32 Å². The monoisotopic (exact) mass is 356 g/mol. The number of nitrogens with one attached hydrogen (secondary N) is 1. The van der Waals surface area contributed by atoms with Gasteiger partial charge in [0.1, 0.15) is 9.23 Å². The van der Waals surface area contributed by atoms with Gasteiger partial charge in [-0.25, -0.2) is 8.42 Å². The van der Waals surface area contributed by atoms with Gasteiger partial charge in [-0.2, -0.15) is 4.31 Å². The molecule has 0 saturated carbocycles. The van der Waals surface area contributed by atoms with Gasteiger partial charge >= 0.3 is 0 Å². The van der Waals surface area contributed by atoms with Gasteiger partial charge in [0.15, 0.2) is 0 Å². The zero-order valence-corrected chi connectivity index (χ0v) is 14.4. The number of rotatable bonds is 5. The van der Waals surface area contributed by atoms with Crippen LogP contribution in [-0.2, 0) is 10.0 Å². The van der Waals surface area contributed by atoms with Crippen molar-refractivity contribution in [3.63, 3.8) is 0 Å². The van der Waals surface area contributed by atoms with Gasteiger partial charge in [0.05, 0.1) is 4.34 Å². The van der Waals surface area contributed by atoms with Crippen molar-refractivity contribution in [2.24, 2.45) is 0 Å². The first kappa shape index (κ1) is 16.5. The lowest BCUT2D eigenvalue weighted by Crippen LogP contribution is -2.44. The fourth-order valence-corrected chi connectivity index (χ4v) is 5.87. The summed E-state index contributed by atoms with van der Waals surface area (Å²) in [5, 5.41) is 3.43. The fraction of sp³-hybridized carbons (Fsp3) is 0.667. The molecule has 0 aromatic carbocycles. The maximum Gasteiger partial charge on any atom is 0.245 e. The minimum absolute atomic E-state index is 0.133. The summed E-state index contributed by atoms with van der Waals surface area (Å²) in [4.78, 5) is 0.133. The lowest BCUT2D eigenvalue weighted by Gasteiger charge is -2.31. The largest absolute Gasteiger partial charge is 0.314 e. The van der Waals surface area contributed by atoms with Crippen molar-refractivity contribution in [1.29, 1.82) is 0 Å². The van der Waals surface area contributed by atoms with Crippen LogP contribution in [0.15, 0.2) is 11.0 Å². The van der Waals surface area contributed by atoms with Crippen LogP contribution in [-0.4, -0.2) is 38.4 Å². The van der Waals surface area contributed by atoms with E-state index < -0.39 is 10.0 Å². The molecular weight excluding hydrogens is 339 g/mol. The lowest BCUT2D eigenvalue weighted by molar-refractivity contribution is 0.290. The van der Waals surface area contributed by atoms with Crippen molar-refractivity contribution in [1.82, 2.24) is 9.62 Å². The van der Waals surface area contributed by atoms with Crippen LogP contribution in [0.1, 0.15) is 26.2 Å². The molecule has 1 saturated heterocycles. The number of thiophene rings is 1. The van der Waals surface area contributed by atoms with Crippen LogP contribution in [0.25, 0.3) is 0 Å². The molecule has 1 aromatic rings. The summed E-state index contributed by atoms with van der Waals surface area (Å²) in [6.07, 6.45) is 2.74. The van der Waals surface area contributed by atoms with Crippen LogP contribution in [0, 0.1) is 0 Å². The Labute approximate surface area is 134 Å². The van der Waals surface area contributed by atoms with Crippen LogP contribution in [0.4, 0.5) is 0 Å². The second kappa shape index (κ2) is 6.94. The van der Waals surface area contributed by atoms with Gasteiger partial charge in [-0.15, -0.1) is 11.3 Å². The van der Waals surface area contributed by atoms with Gasteiger partial charge in [0, 0.05) is 19.1 Å². The Morgan fingerprint density at radius 3 is 2.55 bits per heavy atom. The Balaban J connectivity index is 2.04. The topological polar surface area (TPSA) is 49.4 Å². The Morgan fingerprint density at radius 2 is 2.05 bits per heavy atom. The second-order valence-corrected chi connectivity index (χ2v) is 9.01. The third-order valence-electron chi connectivity index (χ3n) is 3.38. The molecule has 8 heteroatoms. The van der Waals surface area contributed by atoms with Crippen LogP contribution in [0.2, 0.25) is 8.67 Å². The Kier molecular flexibility index (Phi) is 5.73. The number of piperidine rings is 1. The third kappa shape index (κ3) is 3.67. The fourth-order valence-electron chi connectivity index (χ4n) is 2.29. The first-order valence-electron chi connectivity index (χ1n) is 6.63. The van der Waals surface area contributed by atoms with Gasteiger partial charge in [-0.1, -0.05) is 30.1 Å². The predicted molar refractivity (Wildman–Crippen MR) is 84.4 cm³/mol. The average Bonchev–Trinajstić information content (AvgIpc) is 2.76. The van der Waals surface area contributed by atoms with E-state index in [0.717, 1.165) is 37.1 Å². The Bertz CT molecular complexity index is 552. The zero-order chi connectivity index (χ0) is 14.8. The molecule has 1 aliphatic heterocycles. The van der Waals surface area contributed by atoms with E-state index in [2.05, 4.69) is 12.2 Å². The standard InChI is InChI=1S/C12H18Cl2N2O2S2/c1-2-5-15-9-3-6-16(7-4-9)20(17,18)10-8-11(13)19-12(10)14/h8-9,15H,2-7H2,1H3. The average molecular weight is 357 g/mol. The number of hydrogen-bond acceptors (Lipinski definition) is 4. The SMILES string of the molecule is CCCNC1CCN(S(=O)(=O)c2cc(Cl)sc2Cl)CC1. The van der Waals surface area contributed by atoms with Crippen LogP contribution in [0.5, 0.6) is 0 Å². The van der Waals surface area contributed by atoms with Crippen LogP contribution < -0.4 is 5.32 Å². The number of sulfonamides is 1. The molecule has 0 unspecified atom stereocenters. The van der Waals surface area contributed by atoms with Gasteiger partial charge in [0.2, 0.25) is 10.0 Å². The smallest absolute Gasteiger partial charge is 0.245 e. The van der Waals surface area contributed by atoms with Crippen molar-refractivity contribution in [2.45, 2.75) is 37.1 Å². The molecule has 0 atom stereocenters. The maximum absolute atomic E-state index is 12.5. The predicted octanol–water partition coefficient (Wildman–Crippen LogP) is 3.21. The minimum atomic E-state index is -3.52. The summed E-state index contributed by atoms with van der Waals surface area (Å²) in [5.41, 5.74) is 0. The number of hydrogen-bond donors (Lipinski definition) is 1. The summed E-state index contributed by atoms with van der Waals surface area (Å²) < 4.78 is 27.2. The number of halogens is 2. The molecule has 20 heavy (non-hydrogen) atoms. The molecule has 0 aliphatic carbocycles. The molecule has 0 bridgehead atoms. The van der Waals surface area contributed by atoms with Crippen molar-refractivity contribution in [3.8, 4) is 0 Å². The molecule has 0 spiro atoms. The van der Waals surface area contributed by atoms with E-state index in [9.17, 15) is 8.42 Å². The molecular formula is C12H18Cl2N2O2S2. The normalized spacial score (nSPS) is 18.6. The molecule has 1 aromatic heterocycles. The highest BCUT2D eigenvalue weighted by molar-refractivity contribution is 7.89. The van der Waals surface area contributed by atoms with Crippen LogP contribution in [0.3, 0.4) is 0 Å². The second-order valence-electron chi connectivity index (χ2n) is 4.82. The molecule has 1 N–H and O–H groups in total. The van der Waals surface area contributed by atoms with Crippen molar-refractivity contribution in [3.05, 3.63) is 14.7 Å². The maximum atomic E-state index is 12.5. The summed E-state index contributed by atoms with van der Waals surface area (Å²) in [5.74, 6) is 0. The summed E-state index contributed by atoms with van der Waals surface area (Å²) in [6.45, 7) is 4.14. The van der Waals surface area contributed by atoms with Crippen molar-refractivity contribution >= 4 is 44.6 Å². The van der Waals surface area contributed by atoms with Gasteiger partial charge in [-0.05, 0) is 31.9 Å². The van der Waals surface area contributed by atoms with Gasteiger partial charge in [-0.3, -0.25) is 0 Å². The van der Waals surface area contributed by atoms with E-state index >= 15 is 0 Å². The van der Waals surface area contributed by atoms with E-state index in [0.29, 0.717) is 23.5 Å². The molecule has 1 aliphatic rings. The Morgan fingerprint density at radius 1 is 1.40 bits per heavy atom. The zero-order valence-electron chi connectivity index (χ0n) is 11.2. The first-order valence-corrected chi connectivity index (χ1v) is 9.64. The molecule has 1 fully saturated rings. The third-order valence-corrected chi connectivity index (χ3v) is 7.03. The van der Waals surface area contributed by atoms with E-state index in [-0.39, 0.29) is 9.23 Å². The minimum Gasteiger partial charge on any atom is -0.314 e. The number of nitrogens with zero attached hydrogens (tertiary/aromatic N) is 1. The molecule has 4 nitrogen and oxygen atoms in total. The quantitative estimate of drug-likeness (QED) is 0.880. The van der Waals surface area contributed by atoms with Gasteiger partial charge in [0.25, 0.3) is 0 Å². The highest BCUT2D eigenvalue weighted by atomic mass is 35.5. The van der Waals surface area contributed by atoms with Crippen molar-refractivity contribution in [2.75, 3.05) is 19.6 Å². The van der Waals surface area contributed by atoms with E-state index in [4.69, 9.17) is 23.2 Å². The molecule has 114 valence electrons. The first-order chi connectivity index (χ1) is 9.45. The molecule has 2 rings (SSSR count). The highest BCUT2D eigenvalue weighted by Gasteiger charge is 2.31. The molecule has 0 radical (unpaired) electrons. The summed E-state index contributed by atoms with van der Waals surface area (Å²) in [6, 6.07) is 1.84. The van der Waals surface area contributed by atoms with E-state index in [1.807, 2.05) is 0 Å².